The van der Waals surface area contributed by atoms with Crippen LogP contribution in [0.4, 0.5) is 0 Å². The van der Waals surface area contributed by atoms with Gasteiger partial charge in [-0.1, -0.05) is 18.6 Å². The Morgan fingerprint density at radius 1 is 1.26 bits per heavy atom. The van der Waals surface area contributed by atoms with Gasteiger partial charge in [-0.2, -0.15) is 9.40 Å². The van der Waals surface area contributed by atoms with E-state index in [9.17, 15) is 13.2 Å². The van der Waals surface area contributed by atoms with Gasteiger partial charge in [-0.15, -0.1) is 0 Å². The Balaban J connectivity index is 1.75. The number of amides is 1. The van der Waals surface area contributed by atoms with Crippen LogP contribution in [0.2, 0.25) is 0 Å². The molecule has 1 aromatic heterocycles. The molecule has 0 spiro atoms. The van der Waals surface area contributed by atoms with Crippen molar-refractivity contribution >= 4 is 15.9 Å². The molecule has 2 heterocycles. The van der Waals surface area contributed by atoms with Crippen LogP contribution in [0.5, 0.6) is 0 Å². The van der Waals surface area contributed by atoms with Gasteiger partial charge >= 0.3 is 0 Å². The molecular formula is C18H25N5O3S. The van der Waals surface area contributed by atoms with E-state index in [4.69, 9.17) is 0 Å². The largest absolute Gasteiger partial charge is 0.338 e. The molecule has 1 aromatic carbocycles. The summed E-state index contributed by atoms with van der Waals surface area (Å²) in [5.74, 6) is -0.159. The van der Waals surface area contributed by atoms with Crippen molar-refractivity contribution in [3.8, 4) is 5.69 Å². The number of likely N-dealkylation sites (N-methyl/N-ethyl adjacent to an activating group) is 1. The van der Waals surface area contributed by atoms with Crippen LogP contribution in [0.15, 0.2) is 36.9 Å². The first kappa shape index (κ1) is 19.5. The molecule has 1 amide bonds. The first-order valence-corrected chi connectivity index (χ1v) is 10.8. The molecule has 146 valence electrons. The molecule has 9 heteroatoms. The second-order valence-corrected chi connectivity index (χ2v) is 8.88. The Morgan fingerprint density at radius 2 is 1.96 bits per heavy atom. The van der Waals surface area contributed by atoms with Gasteiger partial charge in [0.25, 0.3) is 0 Å². The fourth-order valence-corrected chi connectivity index (χ4v) is 4.56. The average molecular weight is 391 g/mol. The summed E-state index contributed by atoms with van der Waals surface area (Å²) in [4.78, 5) is 18.6. The number of benzene rings is 1. The number of rotatable bonds is 5. The van der Waals surface area contributed by atoms with Gasteiger partial charge in [-0.25, -0.2) is 18.1 Å². The molecule has 3 rings (SSSR count). The predicted octanol–water partition coefficient (Wildman–Crippen LogP) is 1.60. The zero-order chi connectivity index (χ0) is 19.6. The Labute approximate surface area is 159 Å². The van der Waals surface area contributed by atoms with Crippen LogP contribution in [-0.2, 0) is 14.8 Å². The summed E-state index contributed by atoms with van der Waals surface area (Å²) in [5.41, 5.74) is 1.85. The van der Waals surface area contributed by atoms with E-state index < -0.39 is 16.1 Å². The van der Waals surface area contributed by atoms with Gasteiger partial charge in [0.05, 0.1) is 18.0 Å². The van der Waals surface area contributed by atoms with Crippen molar-refractivity contribution < 1.29 is 13.2 Å². The van der Waals surface area contributed by atoms with Gasteiger partial charge in [0.15, 0.2) is 0 Å². The van der Waals surface area contributed by atoms with Crippen LogP contribution in [0, 0.1) is 0 Å². The summed E-state index contributed by atoms with van der Waals surface area (Å²) < 4.78 is 27.1. The van der Waals surface area contributed by atoms with E-state index in [0.29, 0.717) is 13.0 Å². The maximum Gasteiger partial charge on any atom is 0.241 e. The topological polar surface area (TPSA) is 88.4 Å². The van der Waals surface area contributed by atoms with Crippen LogP contribution in [0.1, 0.15) is 37.8 Å². The van der Waals surface area contributed by atoms with Gasteiger partial charge < -0.3 is 4.90 Å². The summed E-state index contributed by atoms with van der Waals surface area (Å²) in [5, 5.41) is 4.10. The number of sulfonamides is 1. The van der Waals surface area contributed by atoms with Crippen molar-refractivity contribution in [2.75, 3.05) is 19.8 Å². The molecule has 1 fully saturated rings. The molecule has 0 saturated carbocycles. The minimum atomic E-state index is -3.40. The smallest absolute Gasteiger partial charge is 0.241 e. The zero-order valence-electron chi connectivity index (χ0n) is 15.8. The number of hydrogen-bond acceptors (Lipinski definition) is 5. The van der Waals surface area contributed by atoms with E-state index in [1.54, 1.807) is 23.0 Å². The van der Waals surface area contributed by atoms with Crippen LogP contribution >= 0.6 is 0 Å². The van der Waals surface area contributed by atoms with Crippen molar-refractivity contribution in [3.63, 3.8) is 0 Å². The van der Waals surface area contributed by atoms with Gasteiger partial charge in [-0.3, -0.25) is 4.79 Å². The molecule has 0 aliphatic carbocycles. The Kier molecular flexibility index (Phi) is 5.61. The third kappa shape index (κ3) is 4.19. The lowest BCUT2D eigenvalue weighted by atomic mass is 10.0. The normalized spacial score (nSPS) is 19.6. The fraction of sp³-hybridized carbons (Fsp3) is 0.500. The Hall–Kier alpha value is -2.26. The van der Waals surface area contributed by atoms with E-state index >= 15 is 0 Å². The molecule has 2 atom stereocenters. The summed E-state index contributed by atoms with van der Waals surface area (Å²) in [6, 6.07) is 6.94. The van der Waals surface area contributed by atoms with Crippen molar-refractivity contribution in [2.24, 2.45) is 0 Å². The van der Waals surface area contributed by atoms with E-state index in [2.05, 4.69) is 10.1 Å². The molecule has 0 radical (unpaired) electrons. The third-order valence-corrected chi connectivity index (χ3v) is 6.44. The zero-order valence-corrected chi connectivity index (χ0v) is 16.6. The Bertz CT molecular complexity index is 880. The van der Waals surface area contributed by atoms with Crippen molar-refractivity contribution in [3.05, 3.63) is 42.5 Å². The lowest BCUT2D eigenvalue weighted by Gasteiger charge is -2.36. The van der Waals surface area contributed by atoms with Crippen molar-refractivity contribution in [1.82, 2.24) is 24.0 Å². The fourth-order valence-electron chi connectivity index (χ4n) is 3.45. The molecule has 1 aliphatic heterocycles. The Morgan fingerprint density at radius 3 is 2.56 bits per heavy atom. The highest BCUT2D eigenvalue weighted by Crippen LogP contribution is 2.26. The van der Waals surface area contributed by atoms with Gasteiger partial charge in [0.1, 0.15) is 18.7 Å². The van der Waals surface area contributed by atoms with E-state index in [1.807, 2.05) is 31.2 Å². The highest BCUT2D eigenvalue weighted by Gasteiger charge is 2.37. The second-order valence-electron chi connectivity index (χ2n) is 6.94. The molecule has 1 aliphatic rings. The highest BCUT2D eigenvalue weighted by atomic mass is 32.2. The summed E-state index contributed by atoms with van der Waals surface area (Å²) >= 11 is 0. The minimum absolute atomic E-state index is 0.159. The maximum absolute atomic E-state index is 13.0. The summed E-state index contributed by atoms with van der Waals surface area (Å²) in [6.07, 6.45) is 6.48. The molecule has 2 unspecified atom stereocenters. The van der Waals surface area contributed by atoms with Crippen LogP contribution < -0.4 is 0 Å². The highest BCUT2D eigenvalue weighted by molar-refractivity contribution is 7.88. The molecule has 2 aromatic rings. The molecule has 27 heavy (non-hydrogen) atoms. The van der Waals surface area contributed by atoms with Crippen molar-refractivity contribution in [1.29, 1.82) is 0 Å². The monoisotopic (exact) mass is 391 g/mol. The molecule has 8 nitrogen and oxygen atoms in total. The number of carbonyl (C=O) groups is 1. The maximum atomic E-state index is 13.0. The SMILES string of the molecule is CC(c1ccc(-n2cncn2)cc1)N(C)C(=O)C1CCCCN1S(C)(=O)=O. The van der Waals surface area contributed by atoms with Crippen molar-refractivity contribution in [2.45, 2.75) is 38.3 Å². The van der Waals surface area contributed by atoms with E-state index in [1.165, 1.54) is 16.9 Å². The van der Waals surface area contributed by atoms with E-state index in [0.717, 1.165) is 24.1 Å². The standard InChI is InChI=1S/C18H25N5O3S/c1-14(15-7-9-16(10-8-15)22-13-19-12-20-22)21(2)18(24)17-6-4-5-11-23(17)27(3,25)26/h7-10,12-14,17H,4-6,11H2,1-3H3. The predicted molar refractivity (Wildman–Crippen MR) is 102 cm³/mol. The first-order valence-electron chi connectivity index (χ1n) is 8.97. The van der Waals surface area contributed by atoms with Crippen LogP contribution in [0.3, 0.4) is 0 Å². The second kappa shape index (κ2) is 7.77. The lowest BCUT2D eigenvalue weighted by Crippen LogP contribution is -2.52. The lowest BCUT2D eigenvalue weighted by molar-refractivity contribution is -0.136. The van der Waals surface area contributed by atoms with Crippen LogP contribution in [0.25, 0.3) is 5.69 Å². The summed E-state index contributed by atoms with van der Waals surface area (Å²) in [7, 11) is -1.67. The first-order chi connectivity index (χ1) is 12.8. The van der Waals surface area contributed by atoms with Gasteiger partial charge in [0, 0.05) is 13.6 Å². The molecule has 0 N–H and O–H groups in total. The summed E-state index contributed by atoms with van der Waals surface area (Å²) in [6.45, 7) is 2.35. The number of piperidine rings is 1. The quantitative estimate of drug-likeness (QED) is 0.772. The number of nitrogens with zero attached hydrogens (tertiary/aromatic N) is 5. The number of aromatic nitrogens is 3. The molecular weight excluding hydrogens is 366 g/mol. The van der Waals surface area contributed by atoms with Gasteiger partial charge in [0.2, 0.25) is 15.9 Å². The minimum Gasteiger partial charge on any atom is -0.338 e. The third-order valence-electron chi connectivity index (χ3n) is 5.15. The number of hydrogen-bond donors (Lipinski definition) is 0. The average Bonchev–Trinajstić information content (AvgIpc) is 3.20. The molecule has 0 bridgehead atoms. The number of carbonyl (C=O) groups excluding carboxylic acids is 1. The van der Waals surface area contributed by atoms with Gasteiger partial charge in [-0.05, 0) is 37.5 Å². The molecule has 1 saturated heterocycles. The van der Waals surface area contributed by atoms with E-state index in [-0.39, 0.29) is 11.9 Å². The van der Waals surface area contributed by atoms with Crippen LogP contribution in [-0.4, -0.2) is 64.2 Å².